The van der Waals surface area contributed by atoms with E-state index in [0.717, 1.165) is 37.9 Å². The molecular weight excluding hydrogens is 302 g/mol. The predicted octanol–water partition coefficient (Wildman–Crippen LogP) is 1.28. The standard InChI is InChI=1S/C18H35N5O/c1-4-17(24)23-13-9-16(14-23)21-18(19-3)20-10-6-15-7-11-22(5-2)12-8-15/h15-16H,4-14H2,1-3H3,(H2,19,20,21). The van der Waals surface area contributed by atoms with E-state index >= 15 is 0 Å². The van der Waals surface area contributed by atoms with Gasteiger partial charge >= 0.3 is 0 Å². The third kappa shape index (κ3) is 5.65. The smallest absolute Gasteiger partial charge is 0.222 e. The SMILES string of the molecule is CCC(=O)N1CCC(NC(=NC)NCCC2CCN(CC)CC2)C1. The van der Waals surface area contributed by atoms with Crippen molar-refractivity contribution in [2.24, 2.45) is 10.9 Å². The summed E-state index contributed by atoms with van der Waals surface area (Å²) in [5, 5.41) is 6.91. The van der Waals surface area contributed by atoms with E-state index in [4.69, 9.17) is 0 Å². The molecule has 0 saturated carbocycles. The maximum Gasteiger partial charge on any atom is 0.222 e. The number of piperidine rings is 1. The summed E-state index contributed by atoms with van der Waals surface area (Å²) in [5.74, 6) is 1.96. The van der Waals surface area contributed by atoms with E-state index in [1.54, 1.807) is 0 Å². The van der Waals surface area contributed by atoms with Gasteiger partial charge in [-0.3, -0.25) is 9.79 Å². The number of aliphatic imine (C=N–C) groups is 1. The maximum atomic E-state index is 11.8. The van der Waals surface area contributed by atoms with Crippen LogP contribution < -0.4 is 10.6 Å². The van der Waals surface area contributed by atoms with Crippen molar-refractivity contribution >= 4 is 11.9 Å². The highest BCUT2D eigenvalue weighted by atomic mass is 16.2. The zero-order chi connectivity index (χ0) is 17.4. The van der Waals surface area contributed by atoms with Gasteiger partial charge in [-0.25, -0.2) is 0 Å². The minimum Gasteiger partial charge on any atom is -0.356 e. The summed E-state index contributed by atoms with van der Waals surface area (Å²) in [7, 11) is 1.82. The quantitative estimate of drug-likeness (QED) is 0.566. The molecule has 0 aliphatic carbocycles. The normalized spacial score (nSPS) is 23.5. The number of amides is 1. The van der Waals surface area contributed by atoms with Crippen LogP contribution >= 0.6 is 0 Å². The van der Waals surface area contributed by atoms with E-state index in [9.17, 15) is 4.79 Å². The summed E-state index contributed by atoms with van der Waals surface area (Å²) < 4.78 is 0. The summed E-state index contributed by atoms with van der Waals surface area (Å²) in [4.78, 5) is 20.6. The fourth-order valence-corrected chi connectivity index (χ4v) is 3.70. The molecule has 0 bridgehead atoms. The number of guanidine groups is 1. The number of rotatable bonds is 6. The van der Waals surface area contributed by atoms with E-state index in [1.807, 2.05) is 18.9 Å². The second kappa shape index (κ2) is 9.87. The lowest BCUT2D eigenvalue weighted by Crippen LogP contribution is -2.45. The van der Waals surface area contributed by atoms with Crippen molar-refractivity contribution in [3.63, 3.8) is 0 Å². The summed E-state index contributed by atoms with van der Waals surface area (Å²) in [5.41, 5.74) is 0. The molecule has 2 rings (SSSR count). The van der Waals surface area contributed by atoms with Crippen LogP contribution in [0.15, 0.2) is 4.99 Å². The zero-order valence-corrected chi connectivity index (χ0v) is 15.7. The topological polar surface area (TPSA) is 60.0 Å². The van der Waals surface area contributed by atoms with Gasteiger partial charge in [-0.2, -0.15) is 0 Å². The van der Waals surface area contributed by atoms with Crippen molar-refractivity contribution in [2.75, 3.05) is 46.3 Å². The van der Waals surface area contributed by atoms with Gasteiger partial charge < -0.3 is 20.4 Å². The van der Waals surface area contributed by atoms with Crippen LogP contribution in [0.25, 0.3) is 0 Å². The zero-order valence-electron chi connectivity index (χ0n) is 15.7. The molecule has 6 nitrogen and oxygen atoms in total. The Bertz CT molecular complexity index is 418. The maximum absolute atomic E-state index is 11.8. The molecule has 0 radical (unpaired) electrons. The minimum absolute atomic E-state index is 0.251. The number of hydrogen-bond acceptors (Lipinski definition) is 3. The fourth-order valence-electron chi connectivity index (χ4n) is 3.70. The van der Waals surface area contributed by atoms with Gasteiger partial charge in [0.05, 0.1) is 0 Å². The van der Waals surface area contributed by atoms with Crippen LogP contribution in [0.1, 0.15) is 46.0 Å². The third-order valence-electron chi connectivity index (χ3n) is 5.41. The van der Waals surface area contributed by atoms with E-state index in [0.29, 0.717) is 12.5 Å². The van der Waals surface area contributed by atoms with Crippen LogP contribution in [0, 0.1) is 5.92 Å². The number of nitrogens with zero attached hydrogens (tertiary/aromatic N) is 3. The van der Waals surface area contributed by atoms with E-state index in [1.165, 1.54) is 38.9 Å². The predicted molar refractivity (Wildman–Crippen MR) is 99.2 cm³/mol. The van der Waals surface area contributed by atoms with Crippen molar-refractivity contribution in [3.8, 4) is 0 Å². The average molecular weight is 338 g/mol. The molecule has 24 heavy (non-hydrogen) atoms. The molecule has 2 heterocycles. The molecule has 2 saturated heterocycles. The van der Waals surface area contributed by atoms with Crippen LogP contribution in [0.2, 0.25) is 0 Å². The van der Waals surface area contributed by atoms with Crippen molar-refractivity contribution in [2.45, 2.75) is 52.0 Å². The van der Waals surface area contributed by atoms with Crippen LogP contribution in [0.5, 0.6) is 0 Å². The second-order valence-electron chi connectivity index (χ2n) is 6.99. The Kier molecular flexibility index (Phi) is 7.82. The van der Waals surface area contributed by atoms with Crippen molar-refractivity contribution in [1.82, 2.24) is 20.4 Å². The Morgan fingerprint density at radius 1 is 1.17 bits per heavy atom. The lowest BCUT2D eigenvalue weighted by Gasteiger charge is -2.31. The van der Waals surface area contributed by atoms with Gasteiger partial charge in [0, 0.05) is 39.1 Å². The Morgan fingerprint density at radius 3 is 2.54 bits per heavy atom. The first-order valence-electron chi connectivity index (χ1n) is 9.63. The number of carbonyl (C=O) groups excluding carboxylic acids is 1. The van der Waals surface area contributed by atoms with Gasteiger partial charge in [0.1, 0.15) is 0 Å². The second-order valence-corrected chi connectivity index (χ2v) is 6.99. The third-order valence-corrected chi connectivity index (χ3v) is 5.41. The molecule has 2 aliphatic rings. The van der Waals surface area contributed by atoms with Crippen LogP contribution in [-0.2, 0) is 4.79 Å². The molecular formula is C18H35N5O. The molecule has 1 unspecified atom stereocenters. The largest absolute Gasteiger partial charge is 0.356 e. The van der Waals surface area contributed by atoms with E-state index in [2.05, 4.69) is 27.4 Å². The number of carbonyl (C=O) groups is 1. The van der Waals surface area contributed by atoms with Gasteiger partial charge in [-0.1, -0.05) is 13.8 Å². The summed E-state index contributed by atoms with van der Waals surface area (Å²) in [6.07, 6.45) is 5.44. The van der Waals surface area contributed by atoms with E-state index in [-0.39, 0.29) is 5.91 Å². The molecule has 138 valence electrons. The van der Waals surface area contributed by atoms with Gasteiger partial charge in [-0.15, -0.1) is 0 Å². The van der Waals surface area contributed by atoms with Gasteiger partial charge in [-0.05, 0) is 51.2 Å². The first-order chi connectivity index (χ1) is 11.7. The number of likely N-dealkylation sites (tertiary alicyclic amines) is 2. The highest BCUT2D eigenvalue weighted by molar-refractivity contribution is 5.80. The monoisotopic (exact) mass is 337 g/mol. The average Bonchev–Trinajstić information content (AvgIpc) is 3.09. The van der Waals surface area contributed by atoms with Crippen LogP contribution in [0.3, 0.4) is 0 Å². The van der Waals surface area contributed by atoms with Crippen molar-refractivity contribution < 1.29 is 4.79 Å². The molecule has 0 spiro atoms. The van der Waals surface area contributed by atoms with Crippen LogP contribution in [-0.4, -0.2) is 74.0 Å². The molecule has 1 amide bonds. The van der Waals surface area contributed by atoms with Gasteiger partial charge in [0.2, 0.25) is 5.91 Å². The first kappa shape index (κ1) is 19.0. The summed E-state index contributed by atoms with van der Waals surface area (Å²) in [6.45, 7) is 10.5. The van der Waals surface area contributed by atoms with E-state index < -0.39 is 0 Å². The lowest BCUT2D eigenvalue weighted by atomic mass is 9.93. The van der Waals surface area contributed by atoms with Gasteiger partial charge in [0.15, 0.2) is 5.96 Å². The van der Waals surface area contributed by atoms with Gasteiger partial charge in [0.25, 0.3) is 0 Å². The fraction of sp³-hybridized carbons (Fsp3) is 0.889. The Morgan fingerprint density at radius 2 is 1.92 bits per heavy atom. The van der Waals surface area contributed by atoms with Crippen molar-refractivity contribution in [3.05, 3.63) is 0 Å². The number of nitrogens with one attached hydrogen (secondary N) is 2. The molecule has 2 aliphatic heterocycles. The van der Waals surface area contributed by atoms with Crippen LogP contribution in [0.4, 0.5) is 0 Å². The molecule has 0 aromatic heterocycles. The first-order valence-corrected chi connectivity index (χ1v) is 9.63. The highest BCUT2D eigenvalue weighted by Gasteiger charge is 2.25. The molecule has 2 fully saturated rings. The highest BCUT2D eigenvalue weighted by Crippen LogP contribution is 2.19. The summed E-state index contributed by atoms with van der Waals surface area (Å²) in [6, 6.07) is 0.319. The molecule has 1 atom stereocenters. The number of hydrogen-bond donors (Lipinski definition) is 2. The van der Waals surface area contributed by atoms with Crippen molar-refractivity contribution in [1.29, 1.82) is 0 Å². The Hall–Kier alpha value is -1.30. The molecule has 2 N–H and O–H groups in total. The summed E-state index contributed by atoms with van der Waals surface area (Å²) >= 11 is 0. The lowest BCUT2D eigenvalue weighted by molar-refractivity contribution is -0.129. The minimum atomic E-state index is 0.251. The molecule has 0 aromatic rings. The Labute approximate surface area is 147 Å². The molecule has 6 heteroatoms. The Balaban J connectivity index is 1.64. The molecule has 0 aromatic carbocycles.